The van der Waals surface area contributed by atoms with E-state index in [1.165, 1.54) is 11.1 Å². The molecule has 0 fully saturated rings. The third-order valence-corrected chi connectivity index (χ3v) is 4.65. The zero-order chi connectivity index (χ0) is 17.9. The molecule has 0 unspecified atom stereocenters. The Morgan fingerprint density at radius 2 is 1.71 bits per heavy atom. The lowest BCUT2D eigenvalue weighted by Gasteiger charge is -2.18. The highest BCUT2D eigenvalue weighted by molar-refractivity contribution is 6.32. The van der Waals surface area contributed by atoms with Gasteiger partial charge in [-0.3, -0.25) is 4.79 Å². The maximum atomic E-state index is 12.2. The summed E-state index contributed by atoms with van der Waals surface area (Å²) in [5.41, 5.74) is 5.35. The molecule has 0 saturated heterocycles. The van der Waals surface area contributed by atoms with Crippen LogP contribution >= 0.6 is 11.6 Å². The number of halogens is 1. The smallest absolute Gasteiger partial charge is 0.258 e. The molecule has 1 atom stereocenters. The molecule has 1 N–H and O–H groups in total. The third kappa shape index (κ3) is 4.51. The van der Waals surface area contributed by atoms with Gasteiger partial charge in [0.05, 0.1) is 6.04 Å². The number of aryl methyl sites for hydroxylation is 4. The van der Waals surface area contributed by atoms with Crippen molar-refractivity contribution in [3.8, 4) is 5.75 Å². The van der Waals surface area contributed by atoms with E-state index < -0.39 is 0 Å². The van der Waals surface area contributed by atoms with Crippen molar-refractivity contribution >= 4 is 17.5 Å². The Morgan fingerprint density at radius 1 is 1.08 bits per heavy atom. The van der Waals surface area contributed by atoms with Gasteiger partial charge in [0, 0.05) is 5.02 Å². The molecule has 3 nitrogen and oxygen atoms in total. The van der Waals surface area contributed by atoms with Gasteiger partial charge in [0.2, 0.25) is 0 Å². The molecule has 1 amide bonds. The van der Waals surface area contributed by atoms with Crippen LogP contribution < -0.4 is 10.1 Å². The van der Waals surface area contributed by atoms with Gasteiger partial charge >= 0.3 is 0 Å². The lowest BCUT2D eigenvalue weighted by Crippen LogP contribution is -2.31. The molecule has 0 saturated carbocycles. The van der Waals surface area contributed by atoms with Gasteiger partial charge in [0.25, 0.3) is 5.91 Å². The van der Waals surface area contributed by atoms with Crippen LogP contribution in [0.3, 0.4) is 0 Å². The maximum absolute atomic E-state index is 12.2. The number of carbonyl (C=O) groups excluding carboxylic acids is 1. The highest BCUT2D eigenvalue weighted by Crippen LogP contribution is 2.26. The summed E-state index contributed by atoms with van der Waals surface area (Å²) in [6.45, 7) is 9.90. The molecule has 0 aliphatic carbocycles. The van der Waals surface area contributed by atoms with Gasteiger partial charge in [-0.15, -0.1) is 0 Å². The second-order valence-electron chi connectivity index (χ2n) is 6.31. The molecule has 2 aromatic rings. The first-order valence-electron chi connectivity index (χ1n) is 8.04. The van der Waals surface area contributed by atoms with Gasteiger partial charge in [-0.25, -0.2) is 0 Å². The average Bonchev–Trinajstić information content (AvgIpc) is 2.52. The van der Waals surface area contributed by atoms with Gasteiger partial charge < -0.3 is 10.1 Å². The normalized spacial score (nSPS) is 11.9. The summed E-state index contributed by atoms with van der Waals surface area (Å²) in [6.07, 6.45) is 0. The summed E-state index contributed by atoms with van der Waals surface area (Å²) >= 11 is 6.14. The van der Waals surface area contributed by atoms with Crippen molar-refractivity contribution in [2.75, 3.05) is 6.61 Å². The fourth-order valence-corrected chi connectivity index (χ4v) is 2.83. The summed E-state index contributed by atoms with van der Waals surface area (Å²) in [5.74, 6) is 0.512. The van der Waals surface area contributed by atoms with Gasteiger partial charge in [-0.05, 0) is 69.0 Å². The molecule has 0 heterocycles. The van der Waals surface area contributed by atoms with E-state index in [0.717, 1.165) is 21.7 Å². The summed E-state index contributed by atoms with van der Waals surface area (Å²) < 4.78 is 5.60. The minimum Gasteiger partial charge on any atom is -0.484 e. The number of amides is 1. The minimum atomic E-state index is -0.145. The first-order chi connectivity index (χ1) is 11.3. The highest BCUT2D eigenvalue weighted by atomic mass is 35.5. The van der Waals surface area contributed by atoms with E-state index in [9.17, 15) is 4.79 Å². The summed E-state index contributed by atoms with van der Waals surface area (Å²) in [6, 6.07) is 9.88. The van der Waals surface area contributed by atoms with E-state index in [1.807, 2.05) is 46.8 Å². The van der Waals surface area contributed by atoms with E-state index in [1.54, 1.807) is 0 Å². The Labute approximate surface area is 149 Å². The van der Waals surface area contributed by atoms with Crippen LogP contribution in [0, 0.1) is 27.7 Å². The predicted molar refractivity (Wildman–Crippen MR) is 98.9 cm³/mol. The zero-order valence-electron chi connectivity index (χ0n) is 14.9. The summed E-state index contributed by atoms with van der Waals surface area (Å²) in [4.78, 5) is 12.2. The molecule has 0 bridgehead atoms. The summed E-state index contributed by atoms with van der Waals surface area (Å²) in [5, 5.41) is 3.72. The maximum Gasteiger partial charge on any atom is 0.258 e. The molecule has 2 rings (SSSR count). The Hall–Kier alpha value is -2.00. The van der Waals surface area contributed by atoms with Crippen molar-refractivity contribution in [1.29, 1.82) is 0 Å². The minimum absolute atomic E-state index is 0.0181. The largest absolute Gasteiger partial charge is 0.484 e. The first kappa shape index (κ1) is 18.3. The van der Waals surface area contributed by atoms with Crippen LogP contribution in [0.25, 0.3) is 0 Å². The Bertz CT molecular complexity index is 732. The fraction of sp³-hybridized carbons (Fsp3) is 0.350. The Balaban J connectivity index is 1.97. The number of hydrogen-bond donors (Lipinski definition) is 1. The number of ether oxygens (including phenoxy) is 1. The van der Waals surface area contributed by atoms with E-state index in [0.29, 0.717) is 5.75 Å². The average molecular weight is 346 g/mol. The highest BCUT2D eigenvalue weighted by Gasteiger charge is 2.13. The molecule has 24 heavy (non-hydrogen) atoms. The van der Waals surface area contributed by atoms with Crippen LogP contribution in [-0.4, -0.2) is 12.5 Å². The Morgan fingerprint density at radius 3 is 2.33 bits per heavy atom. The van der Waals surface area contributed by atoms with Crippen molar-refractivity contribution in [3.63, 3.8) is 0 Å². The van der Waals surface area contributed by atoms with Crippen molar-refractivity contribution in [2.24, 2.45) is 0 Å². The van der Waals surface area contributed by atoms with Crippen molar-refractivity contribution in [3.05, 3.63) is 63.2 Å². The monoisotopic (exact) mass is 345 g/mol. The molecule has 2 aromatic carbocycles. The number of hydrogen-bond acceptors (Lipinski definition) is 2. The van der Waals surface area contributed by atoms with E-state index in [4.69, 9.17) is 16.3 Å². The lowest BCUT2D eigenvalue weighted by atomic mass is 10.00. The fourth-order valence-electron chi connectivity index (χ4n) is 2.73. The number of rotatable bonds is 5. The van der Waals surface area contributed by atoms with Crippen molar-refractivity contribution in [2.45, 2.75) is 40.7 Å². The van der Waals surface area contributed by atoms with Crippen molar-refractivity contribution in [1.82, 2.24) is 5.32 Å². The van der Waals surface area contributed by atoms with E-state index in [-0.39, 0.29) is 18.6 Å². The summed E-state index contributed by atoms with van der Waals surface area (Å²) in [7, 11) is 0. The topological polar surface area (TPSA) is 38.3 Å². The van der Waals surface area contributed by atoms with Gasteiger partial charge in [-0.1, -0.05) is 35.4 Å². The standard InChI is InChI=1S/C20H24ClNO2/c1-12-6-7-13(2)18(8-12)16(5)22-19(23)11-24-17-9-14(3)20(21)15(4)10-17/h6-10,16H,11H2,1-5H3,(H,22,23)/t16-/m0/s1. The molecular formula is C20H24ClNO2. The first-order valence-corrected chi connectivity index (χ1v) is 8.41. The molecule has 0 aliphatic heterocycles. The number of nitrogens with one attached hydrogen (secondary N) is 1. The molecule has 0 radical (unpaired) electrons. The molecule has 0 spiro atoms. The van der Waals surface area contributed by atoms with Crippen LogP contribution in [-0.2, 0) is 4.79 Å². The number of carbonyl (C=O) groups is 1. The molecule has 4 heteroatoms. The molecule has 128 valence electrons. The van der Waals surface area contributed by atoms with E-state index >= 15 is 0 Å². The van der Waals surface area contributed by atoms with Crippen LogP contribution in [0.4, 0.5) is 0 Å². The van der Waals surface area contributed by atoms with Crippen LogP contribution in [0.1, 0.15) is 40.8 Å². The second-order valence-corrected chi connectivity index (χ2v) is 6.69. The van der Waals surface area contributed by atoms with E-state index in [2.05, 4.69) is 23.5 Å². The zero-order valence-corrected chi connectivity index (χ0v) is 15.6. The van der Waals surface area contributed by atoms with Gasteiger partial charge in [0.15, 0.2) is 6.61 Å². The Kier molecular flexibility index (Phi) is 5.89. The quantitative estimate of drug-likeness (QED) is 0.842. The molecular weight excluding hydrogens is 322 g/mol. The number of benzene rings is 2. The molecule has 0 aromatic heterocycles. The van der Waals surface area contributed by atoms with Crippen LogP contribution in [0.2, 0.25) is 5.02 Å². The SMILES string of the molecule is Cc1ccc(C)c([C@H](C)NC(=O)COc2cc(C)c(Cl)c(C)c2)c1. The van der Waals surface area contributed by atoms with Crippen molar-refractivity contribution < 1.29 is 9.53 Å². The van der Waals surface area contributed by atoms with Crippen LogP contribution in [0.15, 0.2) is 30.3 Å². The van der Waals surface area contributed by atoms with Gasteiger partial charge in [0.1, 0.15) is 5.75 Å². The van der Waals surface area contributed by atoms with Gasteiger partial charge in [-0.2, -0.15) is 0 Å². The third-order valence-electron chi connectivity index (χ3n) is 4.06. The predicted octanol–water partition coefficient (Wildman–Crippen LogP) is 4.83. The van der Waals surface area contributed by atoms with Crippen LogP contribution in [0.5, 0.6) is 5.75 Å². The lowest BCUT2D eigenvalue weighted by molar-refractivity contribution is -0.123. The molecule has 0 aliphatic rings. The second kappa shape index (κ2) is 7.71.